The summed E-state index contributed by atoms with van der Waals surface area (Å²) in [6.45, 7) is 7.66. The Hall–Kier alpha value is -1.27. The molecular weight excluding hydrogens is 288 g/mol. The van der Waals surface area contributed by atoms with Crippen LogP contribution in [-0.4, -0.2) is 32.4 Å². The first-order chi connectivity index (χ1) is 9.76. The summed E-state index contributed by atoms with van der Waals surface area (Å²) in [7, 11) is -3.56. The van der Waals surface area contributed by atoms with E-state index in [1.807, 2.05) is 6.92 Å². The van der Waals surface area contributed by atoms with Crippen molar-refractivity contribution < 1.29 is 13.2 Å². The topological polar surface area (TPSA) is 72.6 Å². The number of benzene rings is 1. The number of piperidine rings is 1. The third-order valence-corrected chi connectivity index (χ3v) is 5.88. The standard InChI is InChI=1S/C15H24N2O3S/c1-4-20-13-6-5-12(16)11-14(13)21(18,19)17-9-7-15(2,3)8-10-17/h5-6,11H,4,7-10,16H2,1-3H3. The maximum Gasteiger partial charge on any atom is 0.246 e. The fourth-order valence-corrected chi connectivity index (χ4v) is 4.08. The molecule has 118 valence electrons. The second-order valence-electron chi connectivity index (χ2n) is 6.21. The number of hydrogen-bond donors (Lipinski definition) is 1. The number of hydrogen-bond acceptors (Lipinski definition) is 4. The molecule has 0 saturated carbocycles. The van der Waals surface area contributed by atoms with E-state index in [4.69, 9.17) is 10.5 Å². The maximum absolute atomic E-state index is 12.8. The highest BCUT2D eigenvalue weighted by molar-refractivity contribution is 7.89. The fraction of sp³-hybridized carbons (Fsp3) is 0.600. The quantitative estimate of drug-likeness (QED) is 0.867. The van der Waals surface area contributed by atoms with Crippen molar-refractivity contribution >= 4 is 15.7 Å². The van der Waals surface area contributed by atoms with Crippen molar-refractivity contribution in [1.82, 2.24) is 4.31 Å². The number of nitrogen functional groups attached to an aromatic ring is 1. The van der Waals surface area contributed by atoms with Gasteiger partial charge in [-0.25, -0.2) is 8.42 Å². The number of nitrogens with two attached hydrogens (primary N) is 1. The highest BCUT2D eigenvalue weighted by Gasteiger charge is 2.34. The molecule has 1 aromatic carbocycles. The molecule has 2 N–H and O–H groups in total. The van der Waals surface area contributed by atoms with Gasteiger partial charge in [0, 0.05) is 18.8 Å². The molecule has 6 heteroatoms. The average Bonchev–Trinajstić information content (AvgIpc) is 2.40. The maximum atomic E-state index is 12.8. The number of ether oxygens (including phenoxy) is 1. The van der Waals surface area contributed by atoms with Crippen molar-refractivity contribution in [3.63, 3.8) is 0 Å². The van der Waals surface area contributed by atoms with E-state index in [0.717, 1.165) is 12.8 Å². The van der Waals surface area contributed by atoms with Gasteiger partial charge in [-0.05, 0) is 43.4 Å². The Bertz CT molecular complexity index is 601. The van der Waals surface area contributed by atoms with Crippen LogP contribution in [0.2, 0.25) is 0 Å². The molecule has 5 nitrogen and oxygen atoms in total. The van der Waals surface area contributed by atoms with Gasteiger partial charge in [0.25, 0.3) is 0 Å². The summed E-state index contributed by atoms with van der Waals surface area (Å²) in [5.41, 5.74) is 6.38. The Balaban J connectivity index is 2.33. The highest BCUT2D eigenvalue weighted by Crippen LogP contribution is 2.35. The van der Waals surface area contributed by atoms with Crippen molar-refractivity contribution in [2.24, 2.45) is 5.41 Å². The van der Waals surface area contributed by atoms with E-state index in [2.05, 4.69) is 13.8 Å². The lowest BCUT2D eigenvalue weighted by Crippen LogP contribution is -2.41. The van der Waals surface area contributed by atoms with Crippen molar-refractivity contribution in [3.8, 4) is 5.75 Å². The molecule has 0 aromatic heterocycles. The Morgan fingerprint density at radius 2 is 1.90 bits per heavy atom. The van der Waals surface area contributed by atoms with Crippen LogP contribution in [0, 0.1) is 5.41 Å². The summed E-state index contributed by atoms with van der Waals surface area (Å²) in [6.07, 6.45) is 1.72. The normalized spacial score (nSPS) is 19.4. The first-order valence-corrected chi connectivity index (χ1v) is 8.73. The van der Waals surface area contributed by atoms with Gasteiger partial charge >= 0.3 is 0 Å². The van der Waals surface area contributed by atoms with Gasteiger partial charge in [0.05, 0.1) is 6.61 Å². The van der Waals surface area contributed by atoms with E-state index in [-0.39, 0.29) is 10.3 Å². The second-order valence-corrected chi connectivity index (χ2v) is 8.11. The number of sulfonamides is 1. The van der Waals surface area contributed by atoms with E-state index in [1.54, 1.807) is 12.1 Å². The predicted molar refractivity (Wildman–Crippen MR) is 83.8 cm³/mol. The zero-order chi connectivity index (χ0) is 15.7. The van der Waals surface area contributed by atoms with Crippen LogP contribution in [0.15, 0.2) is 23.1 Å². The fourth-order valence-electron chi connectivity index (χ4n) is 2.47. The molecule has 0 bridgehead atoms. The summed E-state index contributed by atoms with van der Waals surface area (Å²) in [6, 6.07) is 4.77. The van der Waals surface area contributed by atoms with Gasteiger partial charge in [0.1, 0.15) is 10.6 Å². The zero-order valence-corrected chi connectivity index (χ0v) is 13.7. The van der Waals surface area contributed by atoms with Gasteiger partial charge in [-0.2, -0.15) is 4.31 Å². The van der Waals surface area contributed by atoms with Crippen molar-refractivity contribution in [3.05, 3.63) is 18.2 Å². The largest absolute Gasteiger partial charge is 0.492 e. The van der Waals surface area contributed by atoms with E-state index < -0.39 is 10.0 Å². The third-order valence-electron chi connectivity index (χ3n) is 3.96. The van der Waals surface area contributed by atoms with E-state index in [9.17, 15) is 8.42 Å². The van der Waals surface area contributed by atoms with Crippen LogP contribution in [0.25, 0.3) is 0 Å². The molecule has 21 heavy (non-hydrogen) atoms. The number of anilines is 1. The summed E-state index contributed by atoms with van der Waals surface area (Å²) >= 11 is 0. The number of nitrogens with zero attached hydrogens (tertiary/aromatic N) is 1. The summed E-state index contributed by atoms with van der Waals surface area (Å²) in [5, 5.41) is 0. The van der Waals surface area contributed by atoms with Gasteiger partial charge in [0.2, 0.25) is 10.0 Å². The summed E-state index contributed by atoms with van der Waals surface area (Å²) < 4.78 is 32.7. The molecule has 0 unspecified atom stereocenters. The molecule has 2 rings (SSSR count). The van der Waals surface area contributed by atoms with Crippen molar-refractivity contribution in [1.29, 1.82) is 0 Å². The van der Waals surface area contributed by atoms with Crippen molar-refractivity contribution in [2.45, 2.75) is 38.5 Å². The molecule has 1 fully saturated rings. The van der Waals surface area contributed by atoms with Crippen LogP contribution in [0.3, 0.4) is 0 Å². The SMILES string of the molecule is CCOc1ccc(N)cc1S(=O)(=O)N1CCC(C)(C)CC1. The van der Waals surface area contributed by atoms with E-state index in [1.165, 1.54) is 10.4 Å². The summed E-state index contributed by atoms with van der Waals surface area (Å²) in [5.74, 6) is 0.372. The lowest BCUT2D eigenvalue weighted by molar-refractivity contribution is 0.195. The Morgan fingerprint density at radius 3 is 2.48 bits per heavy atom. The van der Waals surface area contributed by atoms with E-state index in [0.29, 0.717) is 31.1 Å². The first kappa shape index (κ1) is 16.1. The molecule has 0 aliphatic carbocycles. The van der Waals surface area contributed by atoms with Crippen LogP contribution < -0.4 is 10.5 Å². The molecule has 0 amide bonds. The van der Waals surface area contributed by atoms with Gasteiger partial charge in [0.15, 0.2) is 0 Å². The zero-order valence-electron chi connectivity index (χ0n) is 12.9. The van der Waals surface area contributed by atoms with Gasteiger partial charge in [-0.3, -0.25) is 0 Å². The summed E-state index contributed by atoms with van der Waals surface area (Å²) in [4.78, 5) is 0.170. The third kappa shape index (κ3) is 3.49. The molecule has 1 aliphatic rings. The highest BCUT2D eigenvalue weighted by atomic mass is 32.2. The van der Waals surface area contributed by atoms with Gasteiger partial charge in [-0.15, -0.1) is 0 Å². The van der Waals surface area contributed by atoms with E-state index >= 15 is 0 Å². The molecule has 1 aromatic rings. The minimum atomic E-state index is -3.56. The van der Waals surface area contributed by atoms with Crippen LogP contribution in [0.5, 0.6) is 5.75 Å². The Kier molecular flexibility index (Phi) is 4.49. The molecule has 0 radical (unpaired) electrons. The molecule has 0 atom stereocenters. The predicted octanol–water partition coefficient (Wildman–Crippen LogP) is 2.48. The lowest BCUT2D eigenvalue weighted by Gasteiger charge is -2.36. The van der Waals surface area contributed by atoms with Gasteiger partial charge in [-0.1, -0.05) is 13.8 Å². The second kappa shape index (κ2) is 5.85. The van der Waals surface area contributed by atoms with Crippen LogP contribution >= 0.6 is 0 Å². The molecule has 1 saturated heterocycles. The van der Waals surface area contributed by atoms with Crippen molar-refractivity contribution in [2.75, 3.05) is 25.4 Å². The Morgan fingerprint density at radius 1 is 1.29 bits per heavy atom. The molecular formula is C15H24N2O3S. The minimum Gasteiger partial charge on any atom is -0.492 e. The smallest absolute Gasteiger partial charge is 0.246 e. The van der Waals surface area contributed by atoms with Crippen LogP contribution in [0.1, 0.15) is 33.6 Å². The Labute approximate surface area is 127 Å². The molecule has 0 spiro atoms. The average molecular weight is 312 g/mol. The number of rotatable bonds is 4. The first-order valence-electron chi connectivity index (χ1n) is 7.29. The lowest BCUT2D eigenvalue weighted by atomic mass is 9.83. The van der Waals surface area contributed by atoms with Crippen LogP contribution in [-0.2, 0) is 10.0 Å². The van der Waals surface area contributed by atoms with Gasteiger partial charge < -0.3 is 10.5 Å². The minimum absolute atomic E-state index is 0.170. The van der Waals surface area contributed by atoms with Crippen LogP contribution in [0.4, 0.5) is 5.69 Å². The molecule has 1 heterocycles. The molecule has 1 aliphatic heterocycles. The monoisotopic (exact) mass is 312 g/mol.